The molecule has 2 N–H and O–H groups in total. The van der Waals surface area contributed by atoms with Gasteiger partial charge in [-0.2, -0.15) is 0 Å². The van der Waals surface area contributed by atoms with Crippen molar-refractivity contribution in [2.24, 2.45) is 0 Å². The first-order chi connectivity index (χ1) is 15.9. The molecule has 2 fully saturated rings. The zero-order valence-corrected chi connectivity index (χ0v) is 20.1. The Kier molecular flexibility index (Phi) is 6.13. The molecule has 9 heteroatoms. The summed E-state index contributed by atoms with van der Waals surface area (Å²) in [6, 6.07) is 12.3. The summed E-state index contributed by atoms with van der Waals surface area (Å²) in [6.45, 7) is 3.01. The number of nitrogens with zero attached hydrogens (tertiary/aromatic N) is 2. The summed E-state index contributed by atoms with van der Waals surface area (Å²) in [7, 11) is 2.11. The second kappa shape index (κ2) is 9.06. The van der Waals surface area contributed by atoms with E-state index in [1.54, 1.807) is 12.1 Å². The van der Waals surface area contributed by atoms with Gasteiger partial charge < -0.3 is 29.9 Å². The molecule has 1 atom stereocenters. The number of hydrogen-bond donors (Lipinski definition) is 2. The molecule has 1 spiro atoms. The third-order valence-corrected chi connectivity index (χ3v) is 6.97. The number of benzene rings is 2. The molecule has 0 saturated carbocycles. The Morgan fingerprint density at radius 2 is 1.76 bits per heavy atom. The second-order valence-electron chi connectivity index (χ2n) is 8.85. The number of carbonyl (C=O) groups is 2. The summed E-state index contributed by atoms with van der Waals surface area (Å²) < 4.78 is 12.6. The Morgan fingerprint density at radius 3 is 2.52 bits per heavy atom. The van der Waals surface area contributed by atoms with E-state index in [1.807, 2.05) is 24.3 Å². The van der Waals surface area contributed by atoms with Crippen LogP contribution in [0.4, 0.5) is 16.2 Å². The van der Waals surface area contributed by atoms with E-state index in [0.717, 1.165) is 29.7 Å². The fraction of sp³-hybridized carbons (Fsp3) is 0.417. The molecule has 174 valence electrons. The van der Waals surface area contributed by atoms with Crippen molar-refractivity contribution >= 4 is 39.2 Å². The Bertz CT molecular complexity index is 1050. The average Bonchev–Trinajstić information content (AvgIpc) is 3.42. The highest BCUT2D eigenvalue weighted by Crippen LogP contribution is 2.36. The van der Waals surface area contributed by atoms with Crippen molar-refractivity contribution in [1.82, 2.24) is 9.80 Å². The molecule has 33 heavy (non-hydrogen) atoms. The number of anilines is 2. The van der Waals surface area contributed by atoms with Crippen molar-refractivity contribution in [2.75, 3.05) is 44.0 Å². The maximum absolute atomic E-state index is 13.3. The number of likely N-dealkylation sites (tertiary alicyclic amines) is 1. The fourth-order valence-electron chi connectivity index (χ4n) is 4.72. The zero-order chi connectivity index (χ0) is 23.0. The van der Waals surface area contributed by atoms with E-state index in [4.69, 9.17) is 9.47 Å². The van der Waals surface area contributed by atoms with Crippen LogP contribution in [0.1, 0.15) is 17.5 Å². The van der Waals surface area contributed by atoms with Crippen LogP contribution in [0.15, 0.2) is 46.9 Å². The van der Waals surface area contributed by atoms with Gasteiger partial charge in [-0.1, -0.05) is 22.0 Å². The van der Waals surface area contributed by atoms with Gasteiger partial charge >= 0.3 is 6.03 Å². The number of rotatable bonds is 3. The van der Waals surface area contributed by atoms with Gasteiger partial charge in [-0.25, -0.2) is 4.79 Å². The molecule has 3 heterocycles. The van der Waals surface area contributed by atoms with Gasteiger partial charge in [-0.3, -0.25) is 4.79 Å². The summed E-state index contributed by atoms with van der Waals surface area (Å²) in [4.78, 5) is 30.3. The molecule has 2 saturated heterocycles. The molecule has 3 aliphatic heterocycles. The Morgan fingerprint density at radius 1 is 1.03 bits per heavy atom. The molecular weight excluding hydrogens is 488 g/mol. The van der Waals surface area contributed by atoms with Crippen LogP contribution < -0.4 is 10.6 Å². The minimum atomic E-state index is -0.931. The Labute approximate surface area is 201 Å². The minimum absolute atomic E-state index is 0.198. The van der Waals surface area contributed by atoms with Crippen LogP contribution in [0.3, 0.4) is 0 Å². The first-order valence-electron chi connectivity index (χ1n) is 11.1. The van der Waals surface area contributed by atoms with Crippen molar-refractivity contribution in [2.45, 2.75) is 31.2 Å². The van der Waals surface area contributed by atoms with E-state index in [0.29, 0.717) is 25.3 Å². The lowest BCUT2D eigenvalue weighted by Crippen LogP contribution is -2.45. The third kappa shape index (κ3) is 4.77. The fourth-order valence-corrected chi connectivity index (χ4v) is 4.98. The largest absolute Gasteiger partial charge is 0.346 e. The number of carbonyl (C=O) groups excluding carboxylic acids is 2. The van der Waals surface area contributed by atoms with Crippen LogP contribution >= 0.6 is 15.9 Å². The lowest BCUT2D eigenvalue weighted by Gasteiger charge is -2.26. The average molecular weight is 515 g/mol. The number of fused-ring (bicyclic) bond motifs is 1. The van der Waals surface area contributed by atoms with Crippen molar-refractivity contribution in [1.29, 1.82) is 0 Å². The highest BCUT2D eigenvalue weighted by molar-refractivity contribution is 9.10. The lowest BCUT2D eigenvalue weighted by atomic mass is 9.99. The molecule has 3 aliphatic rings. The van der Waals surface area contributed by atoms with Gasteiger partial charge in [0.05, 0.1) is 19.8 Å². The van der Waals surface area contributed by atoms with Crippen molar-refractivity contribution in [3.63, 3.8) is 0 Å². The molecule has 8 nitrogen and oxygen atoms in total. The van der Waals surface area contributed by atoms with E-state index in [9.17, 15) is 9.59 Å². The number of hydrogen-bond acceptors (Lipinski definition) is 5. The van der Waals surface area contributed by atoms with E-state index in [1.165, 1.54) is 16.0 Å². The quantitative estimate of drug-likeness (QED) is 0.655. The van der Waals surface area contributed by atoms with Crippen molar-refractivity contribution in [3.05, 3.63) is 58.1 Å². The smallest absolute Gasteiger partial charge is 0.322 e. The van der Waals surface area contributed by atoms with Gasteiger partial charge in [-0.05, 0) is 61.0 Å². The summed E-state index contributed by atoms with van der Waals surface area (Å²) in [5.74, 6) is -1.18. The zero-order valence-electron chi connectivity index (χ0n) is 18.5. The number of urea groups is 1. The second-order valence-corrected chi connectivity index (χ2v) is 9.77. The molecule has 0 bridgehead atoms. The summed E-state index contributed by atoms with van der Waals surface area (Å²) in [6.07, 6.45) is 1.24. The molecule has 0 radical (unpaired) electrons. The predicted molar refractivity (Wildman–Crippen MR) is 128 cm³/mol. The highest BCUT2D eigenvalue weighted by Gasteiger charge is 2.52. The topological polar surface area (TPSA) is 83.1 Å². The van der Waals surface area contributed by atoms with Gasteiger partial charge in [0.2, 0.25) is 5.91 Å². The van der Waals surface area contributed by atoms with Crippen LogP contribution in [-0.4, -0.2) is 66.9 Å². The predicted octanol–water partition coefficient (Wildman–Crippen LogP) is 3.43. The van der Waals surface area contributed by atoms with Gasteiger partial charge in [0.25, 0.3) is 0 Å². The lowest BCUT2D eigenvalue weighted by molar-refractivity contribution is -0.145. The standard InChI is InChI=1S/C24H27BrN4O4/c1-28-9-8-16-12-20(5-2-17(16)14-28)26-22(30)21-13-24(32-10-11-33-24)15-29(21)23(31)27-19-6-3-18(25)4-7-19/h2-7,12,21H,8-11,13-15H2,1H3,(H,26,30)(H,27,31)/t21-/m1/s1. The van der Waals surface area contributed by atoms with Crippen LogP contribution in [0.2, 0.25) is 0 Å². The molecule has 0 aliphatic carbocycles. The molecule has 2 aromatic carbocycles. The van der Waals surface area contributed by atoms with Gasteiger partial charge in [0.15, 0.2) is 5.79 Å². The molecule has 5 rings (SSSR count). The van der Waals surface area contributed by atoms with Crippen LogP contribution in [0.5, 0.6) is 0 Å². The molecular formula is C24H27BrN4O4. The molecule has 0 unspecified atom stereocenters. The molecule has 2 aromatic rings. The normalized spacial score (nSPS) is 21.8. The SMILES string of the molecule is CN1CCc2cc(NC(=O)[C@H]3CC4(CN3C(=O)Nc3ccc(Br)cc3)OCCO4)ccc2C1. The Balaban J connectivity index is 1.33. The molecule has 3 amide bonds. The number of nitrogens with one attached hydrogen (secondary N) is 2. The van der Waals surface area contributed by atoms with E-state index >= 15 is 0 Å². The summed E-state index contributed by atoms with van der Waals surface area (Å²) in [5, 5.41) is 5.90. The Hall–Kier alpha value is -2.46. The third-order valence-electron chi connectivity index (χ3n) is 6.44. The molecule has 0 aromatic heterocycles. The van der Waals surface area contributed by atoms with Gasteiger partial charge in [-0.15, -0.1) is 0 Å². The monoisotopic (exact) mass is 514 g/mol. The van der Waals surface area contributed by atoms with Crippen LogP contribution in [-0.2, 0) is 27.2 Å². The van der Waals surface area contributed by atoms with Gasteiger partial charge in [0.1, 0.15) is 6.04 Å². The van der Waals surface area contributed by atoms with Gasteiger partial charge in [0, 0.05) is 35.4 Å². The maximum atomic E-state index is 13.3. The first-order valence-corrected chi connectivity index (χ1v) is 11.9. The number of amides is 3. The van der Waals surface area contributed by atoms with Crippen LogP contribution in [0.25, 0.3) is 0 Å². The number of likely N-dealkylation sites (N-methyl/N-ethyl adjacent to an activating group) is 1. The van der Waals surface area contributed by atoms with Crippen molar-refractivity contribution in [3.8, 4) is 0 Å². The number of halogens is 1. The number of ether oxygens (including phenoxy) is 2. The minimum Gasteiger partial charge on any atom is -0.346 e. The van der Waals surface area contributed by atoms with Crippen molar-refractivity contribution < 1.29 is 19.1 Å². The van der Waals surface area contributed by atoms with E-state index < -0.39 is 11.8 Å². The summed E-state index contributed by atoms with van der Waals surface area (Å²) in [5.41, 5.74) is 3.92. The summed E-state index contributed by atoms with van der Waals surface area (Å²) >= 11 is 3.39. The maximum Gasteiger partial charge on any atom is 0.322 e. The first kappa shape index (κ1) is 22.3. The van der Waals surface area contributed by atoms with Crippen LogP contribution in [0, 0.1) is 0 Å². The highest BCUT2D eigenvalue weighted by atomic mass is 79.9. The van der Waals surface area contributed by atoms with E-state index in [2.05, 4.69) is 44.6 Å². The van der Waals surface area contributed by atoms with E-state index in [-0.39, 0.29) is 18.5 Å².